The van der Waals surface area contributed by atoms with E-state index in [0.29, 0.717) is 38.1 Å². The summed E-state index contributed by atoms with van der Waals surface area (Å²) >= 11 is 0. The fourth-order valence-corrected chi connectivity index (χ4v) is 2.42. The number of ether oxygens (including phenoxy) is 1. The Hall–Kier alpha value is -2.26. The molecule has 0 bridgehead atoms. The molecule has 1 radical (unpaired) electrons. The maximum absolute atomic E-state index is 12.1. The maximum Gasteiger partial charge on any atom is 0.306 e. The normalized spacial score (nSPS) is 13.2. The number of carboxylic acid groups (broad SMARTS) is 1. The van der Waals surface area contributed by atoms with Gasteiger partial charge in [0.25, 0.3) is 0 Å². The summed E-state index contributed by atoms with van der Waals surface area (Å²) in [6, 6.07) is -1.00. The van der Waals surface area contributed by atoms with Gasteiger partial charge < -0.3 is 20.1 Å². The highest BCUT2D eigenvalue weighted by atomic mass is 16.5. The second kappa shape index (κ2) is 12.2. The van der Waals surface area contributed by atoms with E-state index in [2.05, 4.69) is 15.3 Å². The molecule has 145 valence electrons. The van der Waals surface area contributed by atoms with Crippen molar-refractivity contribution >= 4 is 17.7 Å². The monoisotopic (exact) mass is 367 g/mol. The summed E-state index contributed by atoms with van der Waals surface area (Å²) in [7, 11) is 0. The van der Waals surface area contributed by atoms with Crippen molar-refractivity contribution in [2.24, 2.45) is 5.92 Å². The predicted octanol–water partition coefficient (Wildman–Crippen LogP) is 0.587. The van der Waals surface area contributed by atoms with Crippen molar-refractivity contribution in [1.29, 1.82) is 0 Å². The number of H-pyrrole nitrogens is 1. The number of imidazole rings is 1. The van der Waals surface area contributed by atoms with E-state index in [9.17, 15) is 19.5 Å². The molecule has 0 saturated carbocycles. The van der Waals surface area contributed by atoms with E-state index in [-0.39, 0.29) is 25.4 Å². The number of aromatic nitrogens is 2. The number of Topliss-reactive ketones (excluding diaryl/α,β-unsaturated/α-hetero) is 1. The number of carbonyl (C=O) groups is 3. The first-order valence-corrected chi connectivity index (χ1v) is 8.72. The Labute approximate surface area is 152 Å². The number of rotatable bonds is 14. The highest BCUT2D eigenvalue weighted by molar-refractivity contribution is 5.87. The minimum atomic E-state index is -1.03. The topological polar surface area (TPSA) is 145 Å². The van der Waals surface area contributed by atoms with Crippen LogP contribution in [0.15, 0.2) is 12.5 Å². The summed E-state index contributed by atoms with van der Waals surface area (Å²) in [5, 5.41) is 12.0. The smallest absolute Gasteiger partial charge is 0.306 e. The minimum absolute atomic E-state index is 0.0178. The Kier molecular flexibility index (Phi) is 10.2. The number of carbonyl (C=O) groups excluding carboxylic acids is 2. The van der Waals surface area contributed by atoms with Gasteiger partial charge in [-0.25, -0.2) is 10.7 Å². The zero-order valence-corrected chi connectivity index (χ0v) is 15.0. The predicted molar refractivity (Wildman–Crippen MR) is 93.3 cm³/mol. The van der Waals surface area contributed by atoms with Crippen molar-refractivity contribution in [3.05, 3.63) is 18.2 Å². The molecule has 0 spiro atoms. The van der Waals surface area contributed by atoms with E-state index in [1.807, 2.05) is 0 Å². The Morgan fingerprint density at radius 1 is 1.38 bits per heavy atom. The lowest BCUT2D eigenvalue weighted by Crippen LogP contribution is -2.30. The van der Waals surface area contributed by atoms with Gasteiger partial charge in [-0.15, -0.1) is 0 Å². The third-order valence-electron chi connectivity index (χ3n) is 3.90. The van der Waals surface area contributed by atoms with Gasteiger partial charge in [-0.3, -0.25) is 14.4 Å². The van der Waals surface area contributed by atoms with Gasteiger partial charge in [0.05, 0.1) is 18.3 Å². The van der Waals surface area contributed by atoms with Crippen molar-refractivity contribution < 1.29 is 24.2 Å². The summed E-state index contributed by atoms with van der Waals surface area (Å²) in [5.74, 6) is -2.44. The van der Waals surface area contributed by atoms with Gasteiger partial charge in [-0.1, -0.05) is 6.42 Å². The average Bonchev–Trinajstić information content (AvgIpc) is 3.11. The number of nitrogens with one attached hydrogen (secondary N) is 3. The summed E-state index contributed by atoms with van der Waals surface area (Å²) in [5.41, 5.74) is 8.56. The molecule has 0 aromatic carbocycles. The number of nitrogens with zero attached hydrogens (tertiary/aromatic N) is 1. The Morgan fingerprint density at radius 2 is 2.15 bits per heavy atom. The van der Waals surface area contributed by atoms with Crippen LogP contribution in [0.5, 0.6) is 0 Å². The first kappa shape index (κ1) is 21.8. The lowest BCUT2D eigenvalue weighted by molar-refractivity contribution is -0.144. The molecule has 0 unspecified atom stereocenters. The molecule has 1 aromatic rings. The summed E-state index contributed by atoms with van der Waals surface area (Å²) < 4.78 is 4.97. The zero-order chi connectivity index (χ0) is 19.4. The molecule has 0 aliphatic rings. The molecule has 1 rings (SSSR count). The van der Waals surface area contributed by atoms with E-state index in [4.69, 9.17) is 10.5 Å². The van der Waals surface area contributed by atoms with Crippen LogP contribution in [0.3, 0.4) is 0 Å². The standard InChI is InChI=1S/C17H27N4O5/c1-2-26-10-16(23)20-6-4-3-5-12(17(24)25)7-15(22)14(18)8-13-9-19-11-21-13/h9,11-12,14,18H,2-8,10H2,1H3,(H,19,21)(H,20,23)(H,24,25)/t12-,14+/m1/s1. The van der Waals surface area contributed by atoms with Crippen LogP contribution in [0.25, 0.3) is 0 Å². The van der Waals surface area contributed by atoms with Gasteiger partial charge in [0, 0.05) is 37.9 Å². The third kappa shape index (κ3) is 8.72. The molecular formula is C17H27N4O5. The number of amides is 1. The van der Waals surface area contributed by atoms with Crippen LogP contribution < -0.4 is 11.1 Å². The van der Waals surface area contributed by atoms with Gasteiger partial charge in [0.2, 0.25) is 5.91 Å². The number of aliphatic carboxylic acids is 1. The molecule has 0 saturated heterocycles. The molecule has 0 aliphatic carbocycles. The maximum atomic E-state index is 12.1. The van der Waals surface area contributed by atoms with Gasteiger partial charge >= 0.3 is 5.97 Å². The van der Waals surface area contributed by atoms with Gasteiger partial charge in [-0.2, -0.15) is 0 Å². The highest BCUT2D eigenvalue weighted by Gasteiger charge is 2.24. The van der Waals surface area contributed by atoms with Gasteiger partial charge in [0.15, 0.2) is 5.78 Å². The number of hydrogen-bond donors (Lipinski definition) is 3. The number of carboxylic acids is 1. The summed E-state index contributed by atoms with van der Waals surface area (Å²) in [6.07, 6.45) is 4.57. The molecule has 26 heavy (non-hydrogen) atoms. The number of ketones is 1. The van der Waals surface area contributed by atoms with Crippen LogP contribution >= 0.6 is 0 Å². The van der Waals surface area contributed by atoms with Crippen LogP contribution in [0, 0.1) is 5.92 Å². The van der Waals surface area contributed by atoms with Crippen LogP contribution in [-0.2, 0) is 25.5 Å². The molecule has 9 heteroatoms. The molecule has 1 amide bonds. The van der Waals surface area contributed by atoms with E-state index < -0.39 is 23.7 Å². The quantitative estimate of drug-likeness (QED) is 0.410. The van der Waals surface area contributed by atoms with E-state index in [1.165, 1.54) is 6.33 Å². The van der Waals surface area contributed by atoms with Crippen LogP contribution in [0.4, 0.5) is 0 Å². The van der Waals surface area contributed by atoms with Gasteiger partial charge in [-0.05, 0) is 19.8 Å². The molecular weight excluding hydrogens is 340 g/mol. The van der Waals surface area contributed by atoms with Crippen LogP contribution in [-0.4, -0.2) is 58.5 Å². The second-order valence-electron chi connectivity index (χ2n) is 6.02. The molecule has 1 heterocycles. The molecule has 0 fully saturated rings. The summed E-state index contributed by atoms with van der Waals surface area (Å²) in [6.45, 7) is 2.73. The van der Waals surface area contributed by atoms with Crippen molar-refractivity contribution in [3.8, 4) is 0 Å². The zero-order valence-electron chi connectivity index (χ0n) is 15.0. The van der Waals surface area contributed by atoms with E-state index in [1.54, 1.807) is 13.1 Å². The fraction of sp³-hybridized carbons (Fsp3) is 0.647. The van der Waals surface area contributed by atoms with Crippen LogP contribution in [0.2, 0.25) is 0 Å². The first-order valence-electron chi connectivity index (χ1n) is 8.72. The lowest BCUT2D eigenvalue weighted by Gasteiger charge is -2.14. The second-order valence-corrected chi connectivity index (χ2v) is 6.02. The first-order chi connectivity index (χ1) is 12.4. The van der Waals surface area contributed by atoms with Crippen molar-refractivity contribution in [2.75, 3.05) is 19.8 Å². The third-order valence-corrected chi connectivity index (χ3v) is 3.90. The summed E-state index contributed by atoms with van der Waals surface area (Å²) in [4.78, 5) is 41.5. The van der Waals surface area contributed by atoms with E-state index >= 15 is 0 Å². The Balaban J connectivity index is 2.29. The minimum Gasteiger partial charge on any atom is -0.481 e. The van der Waals surface area contributed by atoms with Crippen molar-refractivity contribution in [1.82, 2.24) is 21.0 Å². The molecule has 0 aliphatic heterocycles. The largest absolute Gasteiger partial charge is 0.481 e. The SMILES string of the molecule is CCOCC(=O)NCCCC[C@H](CC(=O)[C@@H]([NH])Cc1cnc[nH]1)C(=O)O. The lowest BCUT2D eigenvalue weighted by atomic mass is 9.92. The van der Waals surface area contributed by atoms with Gasteiger partial charge in [0.1, 0.15) is 6.61 Å². The van der Waals surface area contributed by atoms with Crippen LogP contribution in [0.1, 0.15) is 38.3 Å². The van der Waals surface area contributed by atoms with Crippen molar-refractivity contribution in [2.45, 2.75) is 45.1 Å². The number of hydrogen-bond acceptors (Lipinski definition) is 5. The van der Waals surface area contributed by atoms with E-state index in [0.717, 1.165) is 0 Å². The Bertz CT molecular complexity index is 562. The molecule has 4 N–H and O–H groups in total. The highest BCUT2D eigenvalue weighted by Crippen LogP contribution is 2.15. The number of aromatic amines is 1. The Morgan fingerprint density at radius 3 is 2.77 bits per heavy atom. The molecule has 9 nitrogen and oxygen atoms in total. The average molecular weight is 367 g/mol. The molecule has 1 aromatic heterocycles. The fourth-order valence-electron chi connectivity index (χ4n) is 2.42. The number of unbranched alkanes of at least 4 members (excludes halogenated alkanes) is 1. The van der Waals surface area contributed by atoms with Crippen molar-refractivity contribution in [3.63, 3.8) is 0 Å². The molecule has 2 atom stereocenters.